The second kappa shape index (κ2) is 6.20. The van der Waals surface area contributed by atoms with Crippen molar-refractivity contribution >= 4 is 45.1 Å². The van der Waals surface area contributed by atoms with Gasteiger partial charge >= 0.3 is 6.03 Å². The molecular formula is C20H17N5O2S. The largest absolute Gasteiger partial charge is 0.329 e. The fourth-order valence-electron chi connectivity index (χ4n) is 3.76. The number of aryl methyl sites for hydroxylation is 2. The van der Waals surface area contributed by atoms with Crippen molar-refractivity contribution in [3.05, 3.63) is 60.2 Å². The van der Waals surface area contributed by atoms with E-state index in [-0.39, 0.29) is 11.9 Å². The van der Waals surface area contributed by atoms with Gasteiger partial charge in [-0.1, -0.05) is 24.3 Å². The third kappa shape index (κ3) is 2.52. The van der Waals surface area contributed by atoms with Gasteiger partial charge < -0.3 is 5.32 Å². The maximum atomic E-state index is 13.3. The number of aromatic nitrogens is 3. The number of rotatable bonds is 2. The van der Waals surface area contributed by atoms with Crippen LogP contribution in [0.1, 0.15) is 11.3 Å². The van der Waals surface area contributed by atoms with Gasteiger partial charge in [0, 0.05) is 40.7 Å². The smallest absolute Gasteiger partial charge is 0.329 e. The lowest BCUT2D eigenvalue weighted by molar-refractivity contribution is -0.118. The zero-order chi connectivity index (χ0) is 19.4. The molecular weight excluding hydrogens is 374 g/mol. The molecule has 8 heteroatoms. The molecule has 2 unspecified atom stereocenters. The van der Waals surface area contributed by atoms with Crippen LogP contribution in [0.3, 0.4) is 0 Å². The van der Waals surface area contributed by atoms with Crippen LogP contribution in [0.5, 0.6) is 0 Å². The fourth-order valence-corrected chi connectivity index (χ4v) is 5.08. The molecule has 2 aliphatic heterocycles. The molecule has 2 atom stereocenters. The zero-order valence-electron chi connectivity index (χ0n) is 15.3. The van der Waals surface area contributed by atoms with Gasteiger partial charge in [-0.3, -0.25) is 14.5 Å². The number of fused-ring (bicyclic) bond motifs is 2. The van der Waals surface area contributed by atoms with Gasteiger partial charge in [-0.25, -0.2) is 9.69 Å². The minimum absolute atomic E-state index is 0.232. The average Bonchev–Trinajstić information content (AvgIpc) is 3.24. The summed E-state index contributed by atoms with van der Waals surface area (Å²) in [6, 6.07) is 6.83. The zero-order valence-corrected chi connectivity index (χ0v) is 16.1. The van der Waals surface area contributed by atoms with Gasteiger partial charge in [0.2, 0.25) is 0 Å². The van der Waals surface area contributed by atoms with Crippen LogP contribution in [0.15, 0.2) is 48.9 Å². The molecule has 0 saturated carbocycles. The Hall–Kier alpha value is -3.13. The Morgan fingerprint density at radius 2 is 2.00 bits per heavy atom. The first-order chi connectivity index (χ1) is 13.5. The summed E-state index contributed by atoms with van der Waals surface area (Å²) in [5, 5.41) is 8.63. The summed E-state index contributed by atoms with van der Waals surface area (Å²) in [5.74, 6) is -0.232. The normalized spacial score (nSPS) is 21.6. The standard InChI is InChI=1S/C20H17N5O2S/c1-11-14(10-24(2)23-11)17-7-15-18(28-17)19(26)25(20(27)22-15)16-9-21-8-12-5-3-4-6-13(12)16/h3-10,15,18H,1-2H3,(H,22,27). The highest BCUT2D eigenvalue weighted by Crippen LogP contribution is 2.43. The summed E-state index contributed by atoms with van der Waals surface area (Å²) in [7, 11) is 1.87. The molecule has 1 fully saturated rings. The van der Waals surface area contributed by atoms with E-state index >= 15 is 0 Å². The van der Waals surface area contributed by atoms with E-state index < -0.39 is 11.3 Å². The van der Waals surface area contributed by atoms with Crippen LogP contribution in [0.25, 0.3) is 15.7 Å². The van der Waals surface area contributed by atoms with Crippen molar-refractivity contribution in [1.82, 2.24) is 20.1 Å². The molecule has 1 N–H and O–H groups in total. The van der Waals surface area contributed by atoms with Crippen molar-refractivity contribution < 1.29 is 9.59 Å². The predicted octanol–water partition coefficient (Wildman–Crippen LogP) is 2.86. The SMILES string of the molecule is Cc1nn(C)cc1C1=CC2NC(=O)N(c3cncc4ccccc34)C(=O)C2S1. The van der Waals surface area contributed by atoms with Crippen LogP contribution in [0.4, 0.5) is 10.5 Å². The fraction of sp³-hybridized carbons (Fsp3) is 0.200. The Balaban J connectivity index is 1.52. The molecule has 3 aromatic rings. The second-order valence-corrected chi connectivity index (χ2v) is 8.08. The molecule has 2 aromatic heterocycles. The number of nitrogens with zero attached hydrogens (tertiary/aromatic N) is 4. The van der Waals surface area contributed by atoms with E-state index in [2.05, 4.69) is 15.4 Å². The van der Waals surface area contributed by atoms with Gasteiger partial charge in [-0.15, -0.1) is 11.8 Å². The lowest BCUT2D eigenvalue weighted by Crippen LogP contribution is -2.60. The lowest BCUT2D eigenvalue weighted by Gasteiger charge is -2.33. The Labute approximate surface area is 165 Å². The molecule has 1 aromatic carbocycles. The van der Waals surface area contributed by atoms with E-state index in [0.717, 1.165) is 26.9 Å². The van der Waals surface area contributed by atoms with Crippen molar-refractivity contribution in [3.8, 4) is 0 Å². The number of amides is 3. The van der Waals surface area contributed by atoms with Crippen LogP contribution < -0.4 is 10.2 Å². The highest BCUT2D eigenvalue weighted by Gasteiger charge is 2.45. The number of carbonyl (C=O) groups excluding carboxylic acids is 2. The number of anilines is 1. The van der Waals surface area contributed by atoms with Gasteiger partial charge in [0.15, 0.2) is 0 Å². The summed E-state index contributed by atoms with van der Waals surface area (Å²) in [5.41, 5.74) is 2.39. The van der Waals surface area contributed by atoms with Gasteiger partial charge in [-0.05, 0) is 13.0 Å². The van der Waals surface area contributed by atoms with E-state index in [1.165, 1.54) is 16.7 Å². The van der Waals surface area contributed by atoms with Crippen molar-refractivity contribution in [2.45, 2.75) is 18.2 Å². The van der Waals surface area contributed by atoms with E-state index in [4.69, 9.17) is 0 Å². The minimum Gasteiger partial charge on any atom is -0.329 e. The molecule has 1 saturated heterocycles. The maximum Gasteiger partial charge on any atom is 0.329 e. The monoisotopic (exact) mass is 391 g/mol. The van der Waals surface area contributed by atoms with Crippen LogP contribution >= 0.6 is 11.8 Å². The van der Waals surface area contributed by atoms with E-state index in [9.17, 15) is 9.59 Å². The Kier molecular flexibility index (Phi) is 3.77. The second-order valence-electron chi connectivity index (χ2n) is 6.90. The van der Waals surface area contributed by atoms with Crippen LogP contribution in [0.2, 0.25) is 0 Å². The quantitative estimate of drug-likeness (QED) is 0.727. The first-order valence-electron chi connectivity index (χ1n) is 8.89. The lowest BCUT2D eigenvalue weighted by atomic mass is 10.1. The summed E-state index contributed by atoms with van der Waals surface area (Å²) in [6.07, 6.45) is 7.18. The molecule has 0 radical (unpaired) electrons. The number of imide groups is 1. The molecule has 5 rings (SSSR count). The highest BCUT2D eigenvalue weighted by atomic mass is 32.2. The summed E-state index contributed by atoms with van der Waals surface area (Å²) < 4.78 is 1.75. The molecule has 3 amide bonds. The van der Waals surface area contributed by atoms with E-state index in [0.29, 0.717) is 5.69 Å². The number of hydrogen-bond acceptors (Lipinski definition) is 5. The number of urea groups is 1. The third-order valence-electron chi connectivity index (χ3n) is 5.04. The van der Waals surface area contributed by atoms with Gasteiger partial charge in [0.1, 0.15) is 5.25 Å². The highest BCUT2D eigenvalue weighted by molar-refractivity contribution is 8.09. The maximum absolute atomic E-state index is 13.3. The van der Waals surface area contributed by atoms with Gasteiger partial charge in [0.05, 0.1) is 23.6 Å². The third-order valence-corrected chi connectivity index (χ3v) is 6.39. The number of hydrogen-bond donors (Lipinski definition) is 1. The first kappa shape index (κ1) is 17.0. The molecule has 2 aliphatic rings. The number of thioether (sulfide) groups is 1. The summed E-state index contributed by atoms with van der Waals surface area (Å²) in [6.45, 7) is 1.94. The molecule has 7 nitrogen and oxygen atoms in total. The Morgan fingerprint density at radius 1 is 1.18 bits per heavy atom. The molecule has 4 heterocycles. The van der Waals surface area contributed by atoms with Crippen LogP contribution in [0, 0.1) is 6.92 Å². The van der Waals surface area contributed by atoms with Crippen molar-refractivity contribution in [2.24, 2.45) is 7.05 Å². The van der Waals surface area contributed by atoms with Crippen molar-refractivity contribution in [1.29, 1.82) is 0 Å². The number of benzene rings is 1. The van der Waals surface area contributed by atoms with E-state index in [1.807, 2.05) is 50.5 Å². The Bertz CT molecular complexity index is 1160. The van der Waals surface area contributed by atoms with Gasteiger partial charge in [0.25, 0.3) is 5.91 Å². The number of pyridine rings is 1. The molecule has 0 bridgehead atoms. The average molecular weight is 391 g/mol. The topological polar surface area (TPSA) is 80.1 Å². The molecule has 28 heavy (non-hydrogen) atoms. The minimum atomic E-state index is -0.426. The van der Waals surface area contributed by atoms with E-state index in [1.54, 1.807) is 17.1 Å². The van der Waals surface area contributed by atoms with Crippen LogP contribution in [-0.2, 0) is 11.8 Å². The molecule has 140 valence electrons. The van der Waals surface area contributed by atoms with Crippen molar-refractivity contribution in [2.75, 3.05) is 4.90 Å². The predicted molar refractivity (Wildman–Crippen MR) is 109 cm³/mol. The number of nitrogens with one attached hydrogen (secondary N) is 1. The Morgan fingerprint density at radius 3 is 2.79 bits per heavy atom. The summed E-state index contributed by atoms with van der Waals surface area (Å²) >= 11 is 1.47. The van der Waals surface area contributed by atoms with Crippen molar-refractivity contribution in [3.63, 3.8) is 0 Å². The molecule has 0 spiro atoms. The molecule has 0 aliphatic carbocycles. The van der Waals surface area contributed by atoms with Gasteiger partial charge in [-0.2, -0.15) is 5.10 Å². The number of carbonyl (C=O) groups is 2. The summed E-state index contributed by atoms with van der Waals surface area (Å²) in [4.78, 5) is 32.5. The first-order valence-corrected chi connectivity index (χ1v) is 9.77. The van der Waals surface area contributed by atoms with Crippen LogP contribution in [-0.4, -0.2) is 38.0 Å².